The maximum atomic E-state index is 11.5. The van der Waals surface area contributed by atoms with Gasteiger partial charge in [-0.2, -0.15) is 0 Å². The highest BCUT2D eigenvalue weighted by atomic mass is 35.5. The molecule has 0 bridgehead atoms. The molecule has 0 unspecified atom stereocenters. The molecule has 0 aliphatic carbocycles. The lowest BCUT2D eigenvalue weighted by atomic mass is 10.2. The van der Waals surface area contributed by atoms with Crippen molar-refractivity contribution in [1.82, 2.24) is 0 Å². The van der Waals surface area contributed by atoms with Gasteiger partial charge in [-0.3, -0.25) is 4.79 Å². The zero-order valence-electron chi connectivity index (χ0n) is 10.4. The van der Waals surface area contributed by atoms with Crippen molar-refractivity contribution in [3.63, 3.8) is 0 Å². The van der Waals surface area contributed by atoms with Crippen LogP contribution in [0.5, 0.6) is 5.75 Å². The van der Waals surface area contributed by atoms with Gasteiger partial charge in [0.05, 0.1) is 5.88 Å². The lowest BCUT2D eigenvalue weighted by molar-refractivity contribution is -0.116. The van der Waals surface area contributed by atoms with Crippen LogP contribution in [0.15, 0.2) is 24.3 Å². The average molecular weight is 272 g/mol. The third-order valence-corrected chi connectivity index (χ3v) is 2.39. The third-order valence-electron chi connectivity index (χ3n) is 2.24. The van der Waals surface area contributed by atoms with E-state index >= 15 is 0 Å². The molecule has 100 valence electrons. The maximum Gasteiger partial charge on any atom is 0.224 e. The third kappa shape index (κ3) is 5.89. The predicted molar refractivity (Wildman–Crippen MR) is 72.4 cm³/mol. The predicted octanol–water partition coefficient (Wildman–Crippen LogP) is 2.67. The van der Waals surface area contributed by atoms with E-state index in [1.54, 1.807) is 31.4 Å². The van der Waals surface area contributed by atoms with E-state index in [1.165, 1.54) is 0 Å². The zero-order chi connectivity index (χ0) is 13.2. The number of carbonyl (C=O) groups excluding carboxylic acids is 1. The molecule has 1 amide bonds. The molecule has 0 aliphatic heterocycles. The van der Waals surface area contributed by atoms with Crippen LogP contribution in [-0.4, -0.2) is 32.1 Å². The van der Waals surface area contributed by atoms with Gasteiger partial charge in [0.15, 0.2) is 0 Å². The maximum absolute atomic E-state index is 11.5. The van der Waals surface area contributed by atoms with Crippen molar-refractivity contribution in [2.45, 2.75) is 12.8 Å². The quantitative estimate of drug-likeness (QED) is 0.584. The first-order valence-corrected chi connectivity index (χ1v) is 6.37. The number of hydrogen-bond donors (Lipinski definition) is 1. The Morgan fingerprint density at radius 3 is 2.61 bits per heavy atom. The summed E-state index contributed by atoms with van der Waals surface area (Å²) in [5.41, 5.74) is 0.760. The summed E-state index contributed by atoms with van der Waals surface area (Å²) in [6.07, 6.45) is 1.18. The first-order valence-electron chi connectivity index (χ1n) is 5.84. The standard InChI is InChI=1S/C13H18ClNO3/c1-17-9-2-3-13(16)15-11-4-6-12(7-5-11)18-10-8-14/h4-7H,2-3,8-10H2,1H3,(H,15,16). The number of anilines is 1. The highest BCUT2D eigenvalue weighted by Crippen LogP contribution is 2.16. The summed E-state index contributed by atoms with van der Waals surface area (Å²) in [6.45, 7) is 1.07. The molecule has 0 heterocycles. The van der Waals surface area contributed by atoms with Gasteiger partial charge in [0, 0.05) is 25.8 Å². The van der Waals surface area contributed by atoms with Crippen molar-refractivity contribution in [2.24, 2.45) is 0 Å². The number of nitrogens with one attached hydrogen (secondary N) is 1. The lowest BCUT2D eigenvalue weighted by Gasteiger charge is -2.07. The van der Waals surface area contributed by atoms with Crippen molar-refractivity contribution in [3.05, 3.63) is 24.3 Å². The van der Waals surface area contributed by atoms with E-state index in [4.69, 9.17) is 21.1 Å². The normalized spacial score (nSPS) is 10.1. The van der Waals surface area contributed by atoms with Crippen LogP contribution in [0.3, 0.4) is 0 Å². The molecule has 4 nitrogen and oxygen atoms in total. The number of benzene rings is 1. The van der Waals surface area contributed by atoms with E-state index in [0.717, 1.165) is 17.9 Å². The molecule has 0 aromatic heterocycles. The summed E-state index contributed by atoms with van der Waals surface area (Å²) in [6, 6.07) is 7.21. The van der Waals surface area contributed by atoms with Crippen molar-refractivity contribution in [3.8, 4) is 5.75 Å². The van der Waals surface area contributed by atoms with E-state index in [-0.39, 0.29) is 5.91 Å². The van der Waals surface area contributed by atoms with Crippen LogP contribution in [0.2, 0.25) is 0 Å². The summed E-state index contributed by atoms with van der Waals surface area (Å²) in [7, 11) is 1.62. The molecule has 0 saturated carbocycles. The number of carbonyl (C=O) groups is 1. The molecule has 0 atom stereocenters. The van der Waals surface area contributed by atoms with Crippen LogP contribution in [0.25, 0.3) is 0 Å². The first-order chi connectivity index (χ1) is 8.76. The first kappa shape index (κ1) is 14.8. The summed E-state index contributed by atoms with van der Waals surface area (Å²) in [4.78, 5) is 11.5. The van der Waals surface area contributed by atoms with Crippen molar-refractivity contribution < 1.29 is 14.3 Å². The molecule has 1 N–H and O–H groups in total. The molecule has 0 fully saturated rings. The van der Waals surface area contributed by atoms with Gasteiger partial charge in [-0.15, -0.1) is 11.6 Å². The monoisotopic (exact) mass is 271 g/mol. The van der Waals surface area contributed by atoms with Crippen LogP contribution >= 0.6 is 11.6 Å². The minimum atomic E-state index is -0.0125. The van der Waals surface area contributed by atoms with Crippen LogP contribution < -0.4 is 10.1 Å². The van der Waals surface area contributed by atoms with Gasteiger partial charge in [0.2, 0.25) is 5.91 Å². The Balaban J connectivity index is 2.35. The minimum Gasteiger partial charge on any atom is -0.492 e. The molecular formula is C13H18ClNO3. The van der Waals surface area contributed by atoms with Gasteiger partial charge >= 0.3 is 0 Å². The SMILES string of the molecule is COCCCC(=O)Nc1ccc(OCCCl)cc1. The average Bonchev–Trinajstić information content (AvgIpc) is 2.38. The number of hydrogen-bond acceptors (Lipinski definition) is 3. The second-order valence-electron chi connectivity index (χ2n) is 3.71. The van der Waals surface area contributed by atoms with Crippen LogP contribution in [-0.2, 0) is 9.53 Å². The molecule has 0 radical (unpaired) electrons. The van der Waals surface area contributed by atoms with Gasteiger partial charge < -0.3 is 14.8 Å². The van der Waals surface area contributed by atoms with Gasteiger partial charge in [-0.05, 0) is 30.7 Å². The molecule has 0 spiro atoms. The molecule has 1 rings (SSSR count). The second-order valence-corrected chi connectivity index (χ2v) is 4.08. The summed E-state index contributed by atoms with van der Waals surface area (Å²) >= 11 is 5.52. The number of halogens is 1. The summed E-state index contributed by atoms with van der Waals surface area (Å²) < 4.78 is 10.2. The smallest absolute Gasteiger partial charge is 0.224 e. The van der Waals surface area contributed by atoms with E-state index in [0.29, 0.717) is 25.5 Å². The van der Waals surface area contributed by atoms with E-state index in [2.05, 4.69) is 5.32 Å². The zero-order valence-corrected chi connectivity index (χ0v) is 11.2. The number of amides is 1. The van der Waals surface area contributed by atoms with Crippen molar-refractivity contribution in [1.29, 1.82) is 0 Å². The molecular weight excluding hydrogens is 254 g/mol. The number of ether oxygens (including phenoxy) is 2. The Bertz CT molecular complexity index is 354. The Kier molecular flexibility index (Phi) is 7.22. The fraction of sp³-hybridized carbons (Fsp3) is 0.462. The topological polar surface area (TPSA) is 47.6 Å². The number of alkyl halides is 1. The number of rotatable bonds is 8. The van der Waals surface area contributed by atoms with Gasteiger partial charge in [0.25, 0.3) is 0 Å². The Morgan fingerprint density at radius 1 is 1.28 bits per heavy atom. The molecule has 5 heteroatoms. The Morgan fingerprint density at radius 2 is 2.00 bits per heavy atom. The van der Waals surface area contributed by atoms with Crippen molar-refractivity contribution in [2.75, 3.05) is 31.5 Å². The van der Waals surface area contributed by atoms with Crippen molar-refractivity contribution >= 4 is 23.2 Å². The van der Waals surface area contributed by atoms with Gasteiger partial charge in [-0.1, -0.05) is 0 Å². The fourth-order valence-corrected chi connectivity index (χ4v) is 1.47. The van der Waals surface area contributed by atoms with E-state index in [1.807, 2.05) is 0 Å². The van der Waals surface area contributed by atoms with Crippen LogP contribution in [0.4, 0.5) is 5.69 Å². The largest absolute Gasteiger partial charge is 0.492 e. The molecule has 18 heavy (non-hydrogen) atoms. The Labute approximate surface area is 112 Å². The minimum absolute atomic E-state index is 0.0125. The summed E-state index contributed by atoms with van der Waals surface area (Å²) in [5, 5.41) is 2.81. The summed E-state index contributed by atoms with van der Waals surface area (Å²) in [5.74, 6) is 1.19. The highest BCUT2D eigenvalue weighted by molar-refractivity contribution is 6.18. The Hall–Kier alpha value is -1.26. The molecule has 0 aliphatic rings. The second kappa shape index (κ2) is 8.78. The number of methoxy groups -OCH3 is 1. The van der Waals surface area contributed by atoms with E-state index < -0.39 is 0 Å². The van der Waals surface area contributed by atoms with E-state index in [9.17, 15) is 4.79 Å². The van der Waals surface area contributed by atoms with Gasteiger partial charge in [0.1, 0.15) is 12.4 Å². The van der Waals surface area contributed by atoms with Gasteiger partial charge in [-0.25, -0.2) is 0 Å². The molecule has 0 saturated heterocycles. The van der Waals surface area contributed by atoms with Crippen LogP contribution in [0.1, 0.15) is 12.8 Å². The lowest BCUT2D eigenvalue weighted by Crippen LogP contribution is -2.11. The van der Waals surface area contributed by atoms with Crippen LogP contribution in [0, 0.1) is 0 Å². The molecule has 1 aromatic carbocycles. The molecule has 1 aromatic rings. The highest BCUT2D eigenvalue weighted by Gasteiger charge is 2.02. The fourth-order valence-electron chi connectivity index (χ4n) is 1.39.